The van der Waals surface area contributed by atoms with Crippen LogP contribution in [0.1, 0.15) is 13.3 Å². The first-order chi connectivity index (χ1) is 7.51. The Labute approximate surface area is 96.0 Å². The molecule has 0 saturated carbocycles. The topological polar surface area (TPSA) is 75.7 Å². The maximum Gasteiger partial charge on any atom is 0.322 e. The number of methoxy groups -OCH3 is 1. The van der Waals surface area contributed by atoms with E-state index in [4.69, 9.17) is 0 Å². The van der Waals surface area contributed by atoms with Crippen LogP contribution in [0.2, 0.25) is 0 Å². The smallest absolute Gasteiger partial charge is 0.322 e. The Bertz CT molecular complexity index is 337. The van der Waals surface area contributed by atoms with E-state index in [2.05, 4.69) is 10.1 Å². The SMILES string of the molecule is CCCN(C1CNC1)S(=O)(=O)CC(=O)OC. The lowest BCUT2D eigenvalue weighted by atomic mass is 10.2. The summed E-state index contributed by atoms with van der Waals surface area (Å²) < 4.78 is 29.6. The highest BCUT2D eigenvalue weighted by molar-refractivity contribution is 7.89. The quantitative estimate of drug-likeness (QED) is 0.623. The molecule has 6 nitrogen and oxygen atoms in total. The van der Waals surface area contributed by atoms with Gasteiger partial charge in [-0.15, -0.1) is 0 Å². The number of hydrogen-bond donors (Lipinski definition) is 1. The van der Waals surface area contributed by atoms with E-state index in [1.54, 1.807) is 0 Å². The molecule has 1 aliphatic rings. The Balaban J connectivity index is 2.71. The van der Waals surface area contributed by atoms with Crippen molar-refractivity contribution in [3.8, 4) is 0 Å². The van der Waals surface area contributed by atoms with Gasteiger partial charge in [-0.2, -0.15) is 4.31 Å². The van der Waals surface area contributed by atoms with Gasteiger partial charge < -0.3 is 10.1 Å². The third-order valence-electron chi connectivity index (χ3n) is 2.50. The van der Waals surface area contributed by atoms with Gasteiger partial charge in [-0.05, 0) is 6.42 Å². The van der Waals surface area contributed by atoms with Crippen molar-refractivity contribution in [3.05, 3.63) is 0 Å². The van der Waals surface area contributed by atoms with Crippen LogP contribution in [0.5, 0.6) is 0 Å². The standard InChI is InChI=1S/C9H18N2O4S/c1-3-4-11(8-5-10-6-8)16(13,14)7-9(12)15-2/h8,10H,3-7H2,1-2H3. The first kappa shape index (κ1) is 13.4. The second kappa shape index (κ2) is 5.60. The number of nitrogens with one attached hydrogen (secondary N) is 1. The Morgan fingerprint density at radius 3 is 2.50 bits per heavy atom. The molecule has 0 aromatic rings. The van der Waals surface area contributed by atoms with Gasteiger partial charge in [-0.25, -0.2) is 8.42 Å². The molecule has 1 aliphatic heterocycles. The Morgan fingerprint density at radius 1 is 1.50 bits per heavy atom. The van der Waals surface area contributed by atoms with Gasteiger partial charge in [0.15, 0.2) is 5.75 Å². The Hall–Kier alpha value is -0.660. The molecule has 0 unspecified atom stereocenters. The first-order valence-corrected chi connectivity index (χ1v) is 6.89. The zero-order valence-corrected chi connectivity index (χ0v) is 10.4. The van der Waals surface area contributed by atoms with E-state index < -0.39 is 21.7 Å². The van der Waals surface area contributed by atoms with E-state index in [9.17, 15) is 13.2 Å². The van der Waals surface area contributed by atoms with Crippen LogP contribution in [0.3, 0.4) is 0 Å². The highest BCUT2D eigenvalue weighted by Gasteiger charge is 2.34. The van der Waals surface area contributed by atoms with Crippen LogP contribution < -0.4 is 5.32 Å². The van der Waals surface area contributed by atoms with Crippen molar-refractivity contribution >= 4 is 16.0 Å². The van der Waals surface area contributed by atoms with E-state index in [0.29, 0.717) is 19.6 Å². The molecule has 1 N–H and O–H groups in total. The molecule has 0 radical (unpaired) electrons. The molecule has 1 heterocycles. The number of sulfonamides is 1. The van der Waals surface area contributed by atoms with Crippen LogP contribution in [-0.4, -0.2) is 57.2 Å². The van der Waals surface area contributed by atoms with Gasteiger partial charge in [0.25, 0.3) is 0 Å². The molecular weight excluding hydrogens is 232 g/mol. The molecule has 1 fully saturated rings. The number of carbonyl (C=O) groups is 1. The molecule has 0 aromatic heterocycles. The van der Waals surface area contributed by atoms with Gasteiger partial charge in [0.1, 0.15) is 0 Å². The first-order valence-electron chi connectivity index (χ1n) is 5.28. The molecule has 0 atom stereocenters. The van der Waals surface area contributed by atoms with Crippen molar-refractivity contribution < 1.29 is 17.9 Å². The largest absolute Gasteiger partial charge is 0.468 e. The van der Waals surface area contributed by atoms with Crippen molar-refractivity contribution in [1.82, 2.24) is 9.62 Å². The van der Waals surface area contributed by atoms with Gasteiger partial charge in [0.2, 0.25) is 10.0 Å². The maximum atomic E-state index is 11.9. The number of rotatable bonds is 6. The van der Waals surface area contributed by atoms with Crippen LogP contribution in [0.4, 0.5) is 0 Å². The fraction of sp³-hybridized carbons (Fsp3) is 0.889. The summed E-state index contributed by atoms with van der Waals surface area (Å²) in [5.74, 6) is -1.28. The van der Waals surface area contributed by atoms with Gasteiger partial charge in [-0.1, -0.05) is 6.92 Å². The lowest BCUT2D eigenvalue weighted by molar-refractivity contribution is -0.137. The number of esters is 1. The average molecular weight is 250 g/mol. The van der Waals surface area contributed by atoms with E-state index >= 15 is 0 Å². The lowest BCUT2D eigenvalue weighted by Gasteiger charge is -2.36. The summed E-state index contributed by atoms with van der Waals surface area (Å²) in [6, 6.07) is -0.0189. The highest BCUT2D eigenvalue weighted by atomic mass is 32.2. The fourth-order valence-electron chi connectivity index (χ4n) is 1.54. The molecular formula is C9H18N2O4S. The molecule has 1 saturated heterocycles. The van der Waals surface area contributed by atoms with E-state index in [1.807, 2.05) is 6.92 Å². The minimum absolute atomic E-state index is 0.0189. The number of ether oxygens (including phenoxy) is 1. The minimum Gasteiger partial charge on any atom is -0.468 e. The zero-order valence-electron chi connectivity index (χ0n) is 9.60. The number of hydrogen-bond acceptors (Lipinski definition) is 5. The van der Waals surface area contributed by atoms with E-state index in [1.165, 1.54) is 11.4 Å². The highest BCUT2D eigenvalue weighted by Crippen LogP contribution is 2.12. The van der Waals surface area contributed by atoms with Gasteiger partial charge in [0.05, 0.1) is 7.11 Å². The minimum atomic E-state index is -3.54. The monoisotopic (exact) mass is 250 g/mol. The third-order valence-corrected chi connectivity index (χ3v) is 4.29. The number of nitrogens with zero attached hydrogens (tertiary/aromatic N) is 1. The second-order valence-electron chi connectivity index (χ2n) is 3.76. The van der Waals surface area contributed by atoms with Crippen molar-refractivity contribution in [2.75, 3.05) is 32.5 Å². The van der Waals surface area contributed by atoms with Crippen LogP contribution in [0, 0.1) is 0 Å². The van der Waals surface area contributed by atoms with E-state index in [-0.39, 0.29) is 6.04 Å². The molecule has 1 rings (SSSR count). The van der Waals surface area contributed by atoms with Crippen molar-refractivity contribution in [2.24, 2.45) is 0 Å². The molecule has 0 spiro atoms. The average Bonchev–Trinajstić information content (AvgIpc) is 2.13. The van der Waals surface area contributed by atoms with Gasteiger partial charge >= 0.3 is 5.97 Å². The van der Waals surface area contributed by atoms with Gasteiger partial charge in [-0.3, -0.25) is 4.79 Å². The van der Waals surface area contributed by atoms with Crippen LogP contribution in [0.15, 0.2) is 0 Å². The predicted molar refractivity (Wildman–Crippen MR) is 59.5 cm³/mol. The van der Waals surface area contributed by atoms with E-state index in [0.717, 1.165) is 6.42 Å². The maximum absolute atomic E-state index is 11.9. The third kappa shape index (κ3) is 3.16. The summed E-state index contributed by atoms with van der Waals surface area (Å²) in [6.45, 7) is 3.67. The van der Waals surface area contributed by atoms with Crippen molar-refractivity contribution in [1.29, 1.82) is 0 Å². The summed E-state index contributed by atoms with van der Waals surface area (Å²) in [5, 5.41) is 3.02. The second-order valence-corrected chi connectivity index (χ2v) is 5.68. The van der Waals surface area contributed by atoms with Crippen LogP contribution in [0.25, 0.3) is 0 Å². The summed E-state index contributed by atoms with van der Waals surface area (Å²) in [5.41, 5.74) is 0. The zero-order chi connectivity index (χ0) is 12.2. The van der Waals surface area contributed by atoms with Crippen molar-refractivity contribution in [3.63, 3.8) is 0 Å². The molecule has 94 valence electrons. The van der Waals surface area contributed by atoms with Gasteiger partial charge in [0, 0.05) is 25.7 Å². The molecule has 0 aliphatic carbocycles. The Morgan fingerprint density at radius 2 is 2.12 bits per heavy atom. The Kier molecular flexibility index (Phi) is 4.69. The fourth-order valence-corrected chi connectivity index (χ4v) is 3.18. The molecule has 16 heavy (non-hydrogen) atoms. The summed E-state index contributed by atoms with van der Waals surface area (Å²) >= 11 is 0. The normalized spacial score (nSPS) is 17.2. The lowest BCUT2D eigenvalue weighted by Crippen LogP contribution is -2.59. The molecule has 0 amide bonds. The molecule has 0 aromatic carbocycles. The summed E-state index contributed by atoms with van der Waals surface area (Å²) in [7, 11) is -2.35. The predicted octanol–water partition coefficient (Wildman–Crippen LogP) is -0.827. The van der Waals surface area contributed by atoms with Crippen LogP contribution in [-0.2, 0) is 19.6 Å². The summed E-state index contributed by atoms with van der Waals surface area (Å²) in [6.07, 6.45) is 0.733. The summed E-state index contributed by atoms with van der Waals surface area (Å²) in [4.78, 5) is 11.0. The van der Waals surface area contributed by atoms with Crippen molar-refractivity contribution in [2.45, 2.75) is 19.4 Å². The molecule has 0 bridgehead atoms. The number of carbonyl (C=O) groups excluding carboxylic acids is 1. The molecule has 7 heteroatoms. The van der Waals surface area contributed by atoms with Crippen LogP contribution >= 0.6 is 0 Å².